The highest BCUT2D eigenvalue weighted by Gasteiger charge is 2.27. The summed E-state index contributed by atoms with van der Waals surface area (Å²) in [6.07, 6.45) is 0. The van der Waals surface area contributed by atoms with Crippen molar-refractivity contribution in [2.75, 3.05) is 27.7 Å². The summed E-state index contributed by atoms with van der Waals surface area (Å²) in [4.78, 5) is 28.1. The van der Waals surface area contributed by atoms with E-state index in [0.717, 1.165) is 0 Å². The molecule has 0 unspecified atom stereocenters. The van der Waals surface area contributed by atoms with E-state index in [1.807, 2.05) is 0 Å². The third kappa shape index (κ3) is 4.64. The van der Waals surface area contributed by atoms with Crippen molar-refractivity contribution in [1.29, 1.82) is 0 Å². The molecule has 132 valence electrons. The number of hydrogen-bond donors (Lipinski definition) is 1. The van der Waals surface area contributed by atoms with Crippen LogP contribution >= 0.6 is 0 Å². The summed E-state index contributed by atoms with van der Waals surface area (Å²) in [7, 11) is 4.99. The molecule has 0 spiro atoms. The number of phenols is 1. The minimum atomic E-state index is -0.687. The molecule has 2 rings (SSSR count). The molecule has 0 saturated heterocycles. The Morgan fingerprint density at radius 3 is 2.28 bits per heavy atom. The second kappa shape index (κ2) is 7.90. The number of phenolic OH excluding ortho intramolecular Hbond substituents is 1. The third-order valence-corrected chi connectivity index (χ3v) is 3.86. The smallest absolute Gasteiger partial charge is 0.244 e. The maximum absolute atomic E-state index is 13.5. The summed E-state index contributed by atoms with van der Waals surface area (Å²) in [6, 6.07) is 11.0. The van der Waals surface area contributed by atoms with Crippen molar-refractivity contribution in [3.63, 3.8) is 0 Å². The van der Waals surface area contributed by atoms with Gasteiger partial charge < -0.3 is 10.0 Å². The predicted octanol–water partition coefficient (Wildman–Crippen LogP) is 2.48. The number of halogens is 1. The summed E-state index contributed by atoms with van der Waals surface area (Å²) in [5, 5.41) is 9.28. The number of rotatable bonds is 6. The number of carbonyl (C=O) groups is 2. The molecule has 5 nitrogen and oxygen atoms in total. The minimum Gasteiger partial charge on any atom is -0.508 e. The van der Waals surface area contributed by atoms with Crippen LogP contribution in [-0.2, 0) is 4.79 Å². The van der Waals surface area contributed by atoms with Crippen molar-refractivity contribution in [2.45, 2.75) is 6.04 Å². The molecule has 1 atom stereocenters. The molecule has 0 aromatic heterocycles. The van der Waals surface area contributed by atoms with E-state index in [0.29, 0.717) is 11.1 Å². The lowest BCUT2D eigenvalue weighted by molar-refractivity contribution is -0.134. The van der Waals surface area contributed by atoms with Crippen LogP contribution in [-0.4, -0.2) is 54.3 Å². The molecule has 0 heterocycles. The monoisotopic (exact) mass is 344 g/mol. The fourth-order valence-electron chi connectivity index (χ4n) is 2.58. The summed E-state index contributed by atoms with van der Waals surface area (Å²) < 4.78 is 13.5. The summed E-state index contributed by atoms with van der Waals surface area (Å²) in [5.41, 5.74) is 0.934. The average molecular weight is 344 g/mol. The fourth-order valence-corrected chi connectivity index (χ4v) is 2.58. The summed E-state index contributed by atoms with van der Waals surface area (Å²) in [5.74, 6) is -0.893. The number of likely N-dealkylation sites (N-methyl/N-ethyl adjacent to an activating group) is 2. The second-order valence-electron chi connectivity index (χ2n) is 6.09. The maximum Gasteiger partial charge on any atom is 0.244 e. The van der Waals surface area contributed by atoms with Crippen LogP contribution in [0.25, 0.3) is 0 Å². The van der Waals surface area contributed by atoms with E-state index in [1.165, 1.54) is 48.3 Å². The highest BCUT2D eigenvalue weighted by Crippen LogP contribution is 2.21. The van der Waals surface area contributed by atoms with Crippen LogP contribution in [0.3, 0.4) is 0 Å². The molecule has 0 fully saturated rings. The first kappa shape index (κ1) is 18.6. The van der Waals surface area contributed by atoms with Crippen LogP contribution in [0.5, 0.6) is 5.75 Å². The number of hydrogen-bond acceptors (Lipinski definition) is 4. The van der Waals surface area contributed by atoms with Crippen molar-refractivity contribution < 1.29 is 19.1 Å². The number of Topliss-reactive ketones (excluding diaryl/α,β-unsaturated/α-hetero) is 1. The van der Waals surface area contributed by atoms with Crippen molar-refractivity contribution in [2.24, 2.45) is 0 Å². The lowest BCUT2D eigenvalue weighted by Gasteiger charge is -2.28. The van der Waals surface area contributed by atoms with E-state index in [-0.39, 0.29) is 24.0 Å². The molecule has 0 radical (unpaired) electrons. The van der Waals surface area contributed by atoms with Gasteiger partial charge in [0.15, 0.2) is 5.78 Å². The van der Waals surface area contributed by atoms with Gasteiger partial charge >= 0.3 is 0 Å². The zero-order valence-corrected chi connectivity index (χ0v) is 14.4. The number of amides is 1. The molecule has 0 aliphatic rings. The molecule has 6 heteroatoms. The van der Waals surface area contributed by atoms with Gasteiger partial charge in [-0.15, -0.1) is 0 Å². The zero-order chi connectivity index (χ0) is 18.6. The summed E-state index contributed by atoms with van der Waals surface area (Å²) in [6.45, 7) is -0.108. The van der Waals surface area contributed by atoms with Crippen molar-refractivity contribution in [3.8, 4) is 5.75 Å². The van der Waals surface area contributed by atoms with Gasteiger partial charge in [0, 0.05) is 12.6 Å². The zero-order valence-electron chi connectivity index (χ0n) is 14.4. The molecular formula is C19H21FN2O3. The Morgan fingerprint density at radius 2 is 1.72 bits per heavy atom. The largest absolute Gasteiger partial charge is 0.508 e. The van der Waals surface area contributed by atoms with Crippen LogP contribution in [0.4, 0.5) is 4.39 Å². The first-order chi connectivity index (χ1) is 11.8. The SMILES string of the molecule is CN(CC(=O)c1ccc(O)cc1)C(=O)[C@@H](c1cccc(F)c1)N(C)C. The molecule has 25 heavy (non-hydrogen) atoms. The number of nitrogens with zero attached hydrogens (tertiary/aromatic N) is 2. The molecule has 0 saturated carbocycles. The molecule has 0 aliphatic carbocycles. The van der Waals surface area contributed by atoms with E-state index in [9.17, 15) is 19.1 Å². The van der Waals surface area contributed by atoms with Gasteiger partial charge in [-0.3, -0.25) is 14.5 Å². The quantitative estimate of drug-likeness (QED) is 0.818. The van der Waals surface area contributed by atoms with Crippen molar-refractivity contribution in [1.82, 2.24) is 9.80 Å². The fraction of sp³-hybridized carbons (Fsp3) is 0.263. The molecule has 2 aromatic carbocycles. The first-order valence-corrected chi connectivity index (χ1v) is 7.78. The van der Waals surface area contributed by atoms with Gasteiger partial charge in [0.05, 0.1) is 6.54 Å². The Labute approximate surface area is 146 Å². The predicted molar refractivity (Wildman–Crippen MR) is 92.9 cm³/mol. The second-order valence-corrected chi connectivity index (χ2v) is 6.09. The van der Waals surface area contributed by atoms with E-state index in [2.05, 4.69) is 0 Å². The normalized spacial score (nSPS) is 12.0. The number of aromatic hydroxyl groups is 1. The molecule has 1 amide bonds. The van der Waals surface area contributed by atoms with Crippen LogP contribution in [0.2, 0.25) is 0 Å². The number of benzene rings is 2. The standard InChI is InChI=1S/C19H21FN2O3/c1-21(2)18(14-5-4-6-15(20)11-14)19(25)22(3)12-17(24)13-7-9-16(23)10-8-13/h4-11,18,23H,12H2,1-3H3/t18-/m1/s1. The highest BCUT2D eigenvalue weighted by atomic mass is 19.1. The van der Waals surface area contributed by atoms with E-state index in [4.69, 9.17) is 0 Å². The van der Waals surface area contributed by atoms with Crippen LogP contribution < -0.4 is 0 Å². The molecule has 1 N–H and O–H groups in total. The van der Waals surface area contributed by atoms with Crippen LogP contribution in [0.1, 0.15) is 22.0 Å². The van der Waals surface area contributed by atoms with Crippen molar-refractivity contribution in [3.05, 3.63) is 65.5 Å². The Bertz CT molecular complexity index is 760. The van der Waals surface area contributed by atoms with Gasteiger partial charge in [-0.25, -0.2) is 4.39 Å². The van der Waals surface area contributed by atoms with Gasteiger partial charge in [-0.05, 0) is 56.1 Å². The minimum absolute atomic E-state index is 0.0692. The van der Waals surface area contributed by atoms with E-state index < -0.39 is 11.9 Å². The van der Waals surface area contributed by atoms with E-state index in [1.54, 1.807) is 31.1 Å². The number of ketones is 1. The molecule has 2 aromatic rings. The first-order valence-electron chi connectivity index (χ1n) is 7.78. The van der Waals surface area contributed by atoms with Gasteiger partial charge in [-0.2, -0.15) is 0 Å². The third-order valence-electron chi connectivity index (χ3n) is 3.86. The molecule has 0 bridgehead atoms. The summed E-state index contributed by atoms with van der Waals surface area (Å²) >= 11 is 0. The van der Waals surface area contributed by atoms with Crippen LogP contribution in [0, 0.1) is 5.82 Å². The van der Waals surface area contributed by atoms with Gasteiger partial charge in [0.2, 0.25) is 5.91 Å². The molecular weight excluding hydrogens is 323 g/mol. The highest BCUT2D eigenvalue weighted by molar-refractivity contribution is 5.99. The Balaban J connectivity index is 2.15. The lowest BCUT2D eigenvalue weighted by atomic mass is 10.0. The van der Waals surface area contributed by atoms with Crippen LogP contribution in [0.15, 0.2) is 48.5 Å². The topological polar surface area (TPSA) is 60.9 Å². The van der Waals surface area contributed by atoms with Gasteiger partial charge in [-0.1, -0.05) is 12.1 Å². The number of carbonyl (C=O) groups excluding carboxylic acids is 2. The Morgan fingerprint density at radius 1 is 1.08 bits per heavy atom. The van der Waals surface area contributed by atoms with Crippen molar-refractivity contribution >= 4 is 11.7 Å². The van der Waals surface area contributed by atoms with Gasteiger partial charge in [0.1, 0.15) is 17.6 Å². The van der Waals surface area contributed by atoms with E-state index >= 15 is 0 Å². The van der Waals surface area contributed by atoms with Gasteiger partial charge in [0.25, 0.3) is 0 Å². The Hall–Kier alpha value is -2.73. The maximum atomic E-state index is 13.5. The Kier molecular flexibility index (Phi) is 5.88. The molecule has 0 aliphatic heterocycles. The lowest BCUT2D eigenvalue weighted by Crippen LogP contribution is -2.40. The average Bonchev–Trinajstić information content (AvgIpc) is 2.55.